The Bertz CT molecular complexity index is 1400. The molecule has 7 nitrogen and oxygen atoms in total. The van der Waals surface area contributed by atoms with Gasteiger partial charge in [-0.15, -0.1) is 0 Å². The van der Waals surface area contributed by atoms with Gasteiger partial charge >= 0.3 is 0 Å². The molecule has 4 aromatic rings. The van der Waals surface area contributed by atoms with Crippen LogP contribution in [0, 0.1) is 13.8 Å². The first kappa shape index (κ1) is 23.9. The number of hydrogen-bond donors (Lipinski definition) is 2. The van der Waals surface area contributed by atoms with Crippen molar-refractivity contribution < 1.29 is 14.3 Å². The molecule has 3 aromatic carbocycles. The molecule has 0 atom stereocenters. The quantitative estimate of drug-likeness (QED) is 0.383. The maximum absolute atomic E-state index is 13.5. The smallest absolute Gasteiger partial charge is 0.256 e. The summed E-state index contributed by atoms with van der Waals surface area (Å²) in [6.45, 7) is 4.15. The summed E-state index contributed by atoms with van der Waals surface area (Å²) in [6, 6.07) is 20.7. The zero-order chi connectivity index (χ0) is 24.9. The van der Waals surface area contributed by atoms with Crippen LogP contribution in [-0.2, 0) is 17.9 Å². The van der Waals surface area contributed by atoms with Crippen LogP contribution in [0.1, 0.15) is 16.7 Å². The molecule has 0 spiro atoms. The summed E-state index contributed by atoms with van der Waals surface area (Å²) in [6.07, 6.45) is 0. The molecule has 0 radical (unpaired) electrons. The van der Waals surface area contributed by atoms with Gasteiger partial charge in [-0.3, -0.25) is 14.2 Å². The molecule has 1 aromatic heterocycles. The normalized spacial score (nSPS) is 10.7. The third-order valence-electron chi connectivity index (χ3n) is 5.76. The van der Waals surface area contributed by atoms with Gasteiger partial charge in [-0.2, -0.15) is 0 Å². The number of carbonyl (C=O) groups is 1. The van der Waals surface area contributed by atoms with Gasteiger partial charge in [0.15, 0.2) is 0 Å². The average molecular weight is 472 g/mol. The molecule has 0 saturated heterocycles. The highest BCUT2D eigenvalue weighted by Crippen LogP contribution is 2.22. The van der Waals surface area contributed by atoms with Gasteiger partial charge in [0.2, 0.25) is 5.91 Å². The van der Waals surface area contributed by atoms with Crippen molar-refractivity contribution in [2.45, 2.75) is 26.9 Å². The third-order valence-corrected chi connectivity index (χ3v) is 5.76. The summed E-state index contributed by atoms with van der Waals surface area (Å²) in [4.78, 5) is 26.5. The van der Waals surface area contributed by atoms with Gasteiger partial charge in [0.05, 0.1) is 19.7 Å². The van der Waals surface area contributed by atoms with Gasteiger partial charge in [-0.05, 0) is 85.0 Å². The van der Waals surface area contributed by atoms with Crippen LogP contribution in [0.15, 0.2) is 71.5 Å². The number of pyridine rings is 1. The maximum Gasteiger partial charge on any atom is 0.256 e. The van der Waals surface area contributed by atoms with Crippen LogP contribution >= 0.6 is 0 Å². The molecule has 4 rings (SSSR count). The van der Waals surface area contributed by atoms with E-state index in [1.54, 1.807) is 20.3 Å². The van der Waals surface area contributed by atoms with Crippen molar-refractivity contribution in [1.82, 2.24) is 4.57 Å². The lowest BCUT2D eigenvalue weighted by Crippen LogP contribution is -2.30. The number of aromatic nitrogens is 1. The zero-order valence-corrected chi connectivity index (χ0v) is 20.3. The van der Waals surface area contributed by atoms with E-state index in [1.165, 1.54) is 4.57 Å². The zero-order valence-electron chi connectivity index (χ0n) is 20.3. The van der Waals surface area contributed by atoms with Crippen LogP contribution in [0.5, 0.6) is 11.5 Å². The minimum Gasteiger partial charge on any atom is -0.497 e. The number of benzene rings is 3. The van der Waals surface area contributed by atoms with E-state index in [0.29, 0.717) is 29.1 Å². The van der Waals surface area contributed by atoms with Gasteiger partial charge < -0.3 is 20.1 Å². The second-order valence-electron chi connectivity index (χ2n) is 8.49. The molecule has 1 heterocycles. The molecule has 7 heteroatoms. The number of carbonyl (C=O) groups excluding carboxylic acids is 1. The van der Waals surface area contributed by atoms with Crippen LogP contribution in [0.2, 0.25) is 0 Å². The van der Waals surface area contributed by atoms with Crippen LogP contribution < -0.4 is 25.7 Å². The van der Waals surface area contributed by atoms with Crippen molar-refractivity contribution in [2.75, 3.05) is 24.9 Å². The number of ether oxygens (including phenoxy) is 2. The molecule has 35 heavy (non-hydrogen) atoms. The number of nitrogens with one attached hydrogen (secondary N) is 2. The van der Waals surface area contributed by atoms with E-state index in [9.17, 15) is 9.59 Å². The fourth-order valence-electron chi connectivity index (χ4n) is 4.12. The number of amides is 1. The van der Waals surface area contributed by atoms with E-state index < -0.39 is 0 Å². The SMILES string of the molecule is COc1ccc(NCc2cc3ccc(OC)cc3n(CC(=O)Nc3cc(C)cc(C)c3)c2=O)cc1. The van der Waals surface area contributed by atoms with Crippen LogP contribution in [-0.4, -0.2) is 24.7 Å². The average Bonchev–Trinajstić information content (AvgIpc) is 2.84. The fraction of sp³-hybridized carbons (Fsp3) is 0.214. The first-order valence-electron chi connectivity index (χ1n) is 11.3. The molecule has 1 amide bonds. The van der Waals surface area contributed by atoms with Crippen molar-refractivity contribution >= 4 is 28.2 Å². The summed E-state index contributed by atoms with van der Waals surface area (Å²) < 4.78 is 12.1. The Hall–Kier alpha value is -4.26. The summed E-state index contributed by atoms with van der Waals surface area (Å²) in [5, 5.41) is 7.05. The molecule has 0 saturated carbocycles. The molecular formula is C28H29N3O4. The Labute approximate surface area is 204 Å². The Morgan fingerprint density at radius 1 is 0.829 bits per heavy atom. The second kappa shape index (κ2) is 10.3. The number of rotatable bonds is 8. The molecule has 0 aliphatic heterocycles. The van der Waals surface area contributed by atoms with Gasteiger partial charge in [0, 0.05) is 29.5 Å². The van der Waals surface area contributed by atoms with Gasteiger partial charge in [0.25, 0.3) is 5.56 Å². The van der Waals surface area contributed by atoms with Crippen molar-refractivity contribution in [3.05, 3.63) is 93.8 Å². The fourth-order valence-corrected chi connectivity index (χ4v) is 4.12. The number of methoxy groups -OCH3 is 2. The predicted molar refractivity (Wildman–Crippen MR) is 140 cm³/mol. The lowest BCUT2D eigenvalue weighted by atomic mass is 10.1. The van der Waals surface area contributed by atoms with Gasteiger partial charge in [-0.1, -0.05) is 6.07 Å². The number of nitrogens with zero attached hydrogens (tertiary/aromatic N) is 1. The monoisotopic (exact) mass is 471 g/mol. The first-order chi connectivity index (χ1) is 16.9. The molecule has 0 fully saturated rings. The Morgan fingerprint density at radius 2 is 1.49 bits per heavy atom. The van der Waals surface area contributed by atoms with Crippen molar-refractivity contribution in [2.24, 2.45) is 0 Å². The lowest BCUT2D eigenvalue weighted by molar-refractivity contribution is -0.116. The molecule has 0 unspecified atom stereocenters. The standard InChI is InChI=1S/C28H29N3O4/c1-18-11-19(2)13-23(12-18)30-27(32)17-31-26-15-25(35-4)8-5-20(26)14-21(28(31)33)16-29-22-6-9-24(34-3)10-7-22/h5-15,29H,16-17H2,1-4H3,(H,30,32). The number of hydrogen-bond acceptors (Lipinski definition) is 5. The number of fused-ring (bicyclic) bond motifs is 1. The third kappa shape index (κ3) is 5.63. The highest BCUT2D eigenvalue weighted by molar-refractivity contribution is 5.92. The summed E-state index contributed by atoms with van der Waals surface area (Å²) in [5.74, 6) is 1.10. The Morgan fingerprint density at radius 3 is 2.14 bits per heavy atom. The second-order valence-corrected chi connectivity index (χ2v) is 8.49. The van der Waals surface area contributed by atoms with Crippen molar-refractivity contribution in [3.63, 3.8) is 0 Å². The van der Waals surface area contributed by atoms with Crippen LogP contribution in [0.25, 0.3) is 10.9 Å². The van der Waals surface area contributed by atoms with Gasteiger partial charge in [0.1, 0.15) is 18.0 Å². The van der Waals surface area contributed by atoms with Crippen LogP contribution in [0.4, 0.5) is 11.4 Å². The van der Waals surface area contributed by atoms with E-state index in [-0.39, 0.29) is 18.0 Å². The molecule has 180 valence electrons. The van der Waals surface area contributed by atoms with E-state index in [4.69, 9.17) is 9.47 Å². The van der Waals surface area contributed by atoms with E-state index in [1.807, 2.05) is 74.5 Å². The topological polar surface area (TPSA) is 81.6 Å². The largest absolute Gasteiger partial charge is 0.497 e. The number of aryl methyl sites for hydroxylation is 2. The van der Waals surface area contributed by atoms with E-state index in [2.05, 4.69) is 10.6 Å². The van der Waals surface area contributed by atoms with E-state index in [0.717, 1.165) is 28.0 Å². The highest BCUT2D eigenvalue weighted by atomic mass is 16.5. The van der Waals surface area contributed by atoms with Crippen molar-refractivity contribution in [3.8, 4) is 11.5 Å². The molecule has 0 bridgehead atoms. The van der Waals surface area contributed by atoms with Crippen LogP contribution in [0.3, 0.4) is 0 Å². The summed E-state index contributed by atoms with van der Waals surface area (Å²) in [7, 11) is 3.19. The lowest BCUT2D eigenvalue weighted by Gasteiger charge is -2.15. The summed E-state index contributed by atoms with van der Waals surface area (Å²) in [5.41, 5.74) is 4.63. The minimum atomic E-state index is -0.276. The molecular weight excluding hydrogens is 442 g/mol. The van der Waals surface area contributed by atoms with Gasteiger partial charge in [-0.25, -0.2) is 0 Å². The Balaban J connectivity index is 1.65. The predicted octanol–water partition coefficient (Wildman–Crippen LogP) is 4.89. The minimum absolute atomic E-state index is 0.119. The molecule has 0 aliphatic rings. The summed E-state index contributed by atoms with van der Waals surface area (Å²) >= 11 is 0. The van der Waals surface area contributed by atoms with Crippen molar-refractivity contribution in [1.29, 1.82) is 0 Å². The van der Waals surface area contributed by atoms with E-state index >= 15 is 0 Å². The first-order valence-corrected chi connectivity index (χ1v) is 11.3. The maximum atomic E-state index is 13.5. The Kier molecular flexibility index (Phi) is 7.06. The highest BCUT2D eigenvalue weighted by Gasteiger charge is 2.14. The molecule has 0 aliphatic carbocycles. The molecule has 2 N–H and O–H groups in total. The number of anilines is 2.